The molecule has 0 saturated carbocycles. The number of aromatic nitrogens is 2. The molecule has 0 amide bonds. The number of para-hydroxylation sites is 2. The monoisotopic (exact) mass is 718 g/mol. The average molecular weight is 721 g/mol. The SMILES string of the molecule is Clc1ccc2c(c1)Cc1c-2n(-c2ccccc2)c2ccc[c]([Zr][c]3cccc4c3c3c(n4-c4ccccc4)-c4ccc(Cl)cc4C3)c12. The Balaban J connectivity index is 1.21. The van der Waals surface area contributed by atoms with Crippen molar-refractivity contribution in [3.8, 4) is 33.9 Å². The molecule has 6 aromatic carbocycles. The number of rotatable bonds is 4. The summed E-state index contributed by atoms with van der Waals surface area (Å²) in [6.07, 6.45) is 1.80. The van der Waals surface area contributed by atoms with Gasteiger partial charge in [0.15, 0.2) is 0 Å². The Kier molecular flexibility index (Phi) is 6.35. The Hall–Kier alpha value is -4.14. The Morgan fingerprint density at radius 1 is 0.468 bits per heavy atom. The van der Waals surface area contributed by atoms with E-state index in [0.717, 1.165) is 22.9 Å². The summed E-state index contributed by atoms with van der Waals surface area (Å²) in [4.78, 5) is 0. The maximum atomic E-state index is 6.53. The molecule has 2 aliphatic rings. The Morgan fingerprint density at radius 2 is 0.915 bits per heavy atom. The van der Waals surface area contributed by atoms with Crippen LogP contribution < -0.4 is 6.54 Å². The molecule has 0 aliphatic heterocycles. The van der Waals surface area contributed by atoms with E-state index in [0.29, 0.717) is 0 Å². The number of fused-ring (bicyclic) bond motifs is 10. The summed E-state index contributed by atoms with van der Waals surface area (Å²) in [6, 6.07) is 48.4. The van der Waals surface area contributed by atoms with Crippen molar-refractivity contribution in [2.24, 2.45) is 0 Å². The van der Waals surface area contributed by atoms with Crippen LogP contribution in [0.5, 0.6) is 0 Å². The molecule has 0 radical (unpaired) electrons. The van der Waals surface area contributed by atoms with Gasteiger partial charge in [-0.15, -0.1) is 0 Å². The molecule has 2 aliphatic carbocycles. The van der Waals surface area contributed by atoms with Gasteiger partial charge in [-0.1, -0.05) is 0 Å². The van der Waals surface area contributed by atoms with Crippen LogP contribution in [0, 0.1) is 0 Å². The Labute approximate surface area is 294 Å². The van der Waals surface area contributed by atoms with Crippen LogP contribution in [0.1, 0.15) is 22.3 Å². The van der Waals surface area contributed by atoms with Crippen LogP contribution in [0.25, 0.3) is 55.7 Å². The molecule has 0 atom stereocenters. The number of hydrogen-bond donors (Lipinski definition) is 0. The minimum atomic E-state index is -1.31. The zero-order valence-electron chi connectivity index (χ0n) is 25.3. The van der Waals surface area contributed by atoms with Gasteiger partial charge >= 0.3 is 296 Å². The summed E-state index contributed by atoms with van der Waals surface area (Å²) in [5.41, 5.74) is 15.7. The number of nitrogens with zero attached hydrogens (tertiary/aromatic N) is 2. The maximum absolute atomic E-state index is 6.53. The molecular formula is C42H26Cl2N2Zr. The molecule has 47 heavy (non-hydrogen) atoms. The van der Waals surface area contributed by atoms with E-state index >= 15 is 0 Å². The van der Waals surface area contributed by atoms with Gasteiger partial charge in [0.05, 0.1) is 0 Å². The van der Waals surface area contributed by atoms with E-state index in [9.17, 15) is 0 Å². The van der Waals surface area contributed by atoms with Gasteiger partial charge in [0, 0.05) is 0 Å². The number of hydrogen-bond acceptors (Lipinski definition) is 0. The van der Waals surface area contributed by atoms with Gasteiger partial charge < -0.3 is 0 Å². The summed E-state index contributed by atoms with van der Waals surface area (Å²) >= 11 is 11.8. The summed E-state index contributed by atoms with van der Waals surface area (Å²) < 4.78 is 8.00. The third-order valence-corrected chi connectivity index (χ3v) is 13.7. The fraction of sp³-hybridized carbons (Fsp3) is 0.0476. The summed E-state index contributed by atoms with van der Waals surface area (Å²) in [5, 5.41) is 4.45. The molecular weight excluding hydrogens is 695 g/mol. The van der Waals surface area contributed by atoms with Crippen LogP contribution in [-0.2, 0) is 36.1 Å². The molecule has 5 heteroatoms. The average Bonchev–Trinajstić information content (AvgIpc) is 3.82. The van der Waals surface area contributed by atoms with Crippen molar-refractivity contribution < 1.29 is 23.2 Å². The molecule has 10 rings (SSSR count). The van der Waals surface area contributed by atoms with Gasteiger partial charge in [-0.2, -0.15) is 0 Å². The van der Waals surface area contributed by atoms with Crippen LogP contribution >= 0.6 is 23.2 Å². The molecule has 2 aromatic heterocycles. The standard InChI is InChI=1S/2C21H13ClN.Zr/c2*22-15-10-11-17-14(12-15)13-19-18-8-4-5-9-20(18)23(21(17)19)16-6-2-1-3-7-16;/h2*1-7,9-12H,13H2;. The van der Waals surface area contributed by atoms with Gasteiger partial charge in [0.1, 0.15) is 0 Å². The van der Waals surface area contributed by atoms with Crippen LogP contribution in [-0.4, -0.2) is 9.13 Å². The van der Waals surface area contributed by atoms with Crippen molar-refractivity contribution in [3.63, 3.8) is 0 Å². The quantitative estimate of drug-likeness (QED) is 0.171. The molecule has 2 heterocycles. The molecule has 0 spiro atoms. The molecule has 0 unspecified atom stereocenters. The van der Waals surface area contributed by atoms with Gasteiger partial charge in [-0.05, 0) is 0 Å². The van der Waals surface area contributed by atoms with Crippen molar-refractivity contribution >= 4 is 51.6 Å². The second kappa shape index (κ2) is 10.7. The van der Waals surface area contributed by atoms with E-state index in [4.69, 9.17) is 23.2 Å². The first-order chi connectivity index (χ1) is 23.1. The van der Waals surface area contributed by atoms with Crippen LogP contribution in [0.3, 0.4) is 0 Å². The Bertz CT molecular complexity index is 2380. The van der Waals surface area contributed by atoms with Crippen LogP contribution in [0.15, 0.2) is 133 Å². The van der Waals surface area contributed by atoms with Crippen LogP contribution in [0.4, 0.5) is 0 Å². The molecule has 8 aromatic rings. The molecule has 0 saturated heterocycles. The van der Waals surface area contributed by atoms with Gasteiger partial charge in [-0.25, -0.2) is 0 Å². The summed E-state index contributed by atoms with van der Waals surface area (Å²) in [6.45, 7) is 0. The number of halogens is 2. The zero-order chi connectivity index (χ0) is 31.2. The molecule has 0 bridgehead atoms. The second-order valence-corrected chi connectivity index (χ2v) is 16.6. The van der Waals surface area contributed by atoms with Gasteiger partial charge in [-0.3, -0.25) is 0 Å². The first-order valence-electron chi connectivity index (χ1n) is 15.9. The first-order valence-corrected chi connectivity index (χ1v) is 19.1. The molecule has 2 nitrogen and oxygen atoms in total. The van der Waals surface area contributed by atoms with E-state index in [-0.39, 0.29) is 0 Å². The van der Waals surface area contributed by atoms with Crippen molar-refractivity contribution in [3.05, 3.63) is 166 Å². The van der Waals surface area contributed by atoms with E-state index in [1.165, 1.54) is 84.5 Å². The van der Waals surface area contributed by atoms with Crippen molar-refractivity contribution in [1.29, 1.82) is 0 Å². The van der Waals surface area contributed by atoms with Gasteiger partial charge in [0.25, 0.3) is 0 Å². The first kappa shape index (κ1) is 27.9. The van der Waals surface area contributed by atoms with Crippen LogP contribution in [0.2, 0.25) is 10.0 Å². The van der Waals surface area contributed by atoms with Crippen molar-refractivity contribution in [1.82, 2.24) is 9.13 Å². The van der Waals surface area contributed by atoms with E-state index in [1.807, 2.05) is 12.1 Å². The topological polar surface area (TPSA) is 9.86 Å². The Morgan fingerprint density at radius 3 is 1.36 bits per heavy atom. The fourth-order valence-corrected chi connectivity index (χ4v) is 12.0. The molecule has 222 valence electrons. The van der Waals surface area contributed by atoms with Crippen molar-refractivity contribution in [2.75, 3.05) is 0 Å². The third kappa shape index (κ3) is 4.20. The predicted molar refractivity (Wildman–Crippen MR) is 192 cm³/mol. The summed E-state index contributed by atoms with van der Waals surface area (Å²) in [7, 11) is 0. The fourth-order valence-electron chi connectivity index (χ4n) is 8.05. The normalized spacial score (nSPS) is 12.7. The van der Waals surface area contributed by atoms with E-state index in [1.54, 1.807) is 0 Å². The third-order valence-electron chi connectivity index (χ3n) is 9.87. The molecule has 0 fully saturated rings. The summed E-state index contributed by atoms with van der Waals surface area (Å²) in [5.74, 6) is 0. The zero-order valence-corrected chi connectivity index (χ0v) is 29.2. The van der Waals surface area contributed by atoms with E-state index < -0.39 is 23.2 Å². The predicted octanol–water partition coefficient (Wildman–Crippen LogP) is 10.1. The number of benzene rings is 6. The van der Waals surface area contributed by atoms with Crippen molar-refractivity contribution in [2.45, 2.75) is 12.8 Å². The minimum absolute atomic E-state index is 0.798. The van der Waals surface area contributed by atoms with E-state index in [2.05, 4.69) is 130 Å². The van der Waals surface area contributed by atoms with Gasteiger partial charge in [0.2, 0.25) is 0 Å². The molecule has 0 N–H and O–H groups in total. The second-order valence-electron chi connectivity index (χ2n) is 12.5.